The van der Waals surface area contributed by atoms with Crippen molar-refractivity contribution in [3.8, 4) is 11.5 Å². The van der Waals surface area contributed by atoms with Crippen LogP contribution in [0.25, 0.3) is 0 Å². The van der Waals surface area contributed by atoms with Gasteiger partial charge in [0.2, 0.25) is 0 Å². The van der Waals surface area contributed by atoms with Crippen LogP contribution >= 0.6 is 22.6 Å². The minimum Gasteiger partial charge on any atom is -0.490 e. The molecule has 152 valence electrons. The summed E-state index contributed by atoms with van der Waals surface area (Å²) >= 11 is 2.09. The van der Waals surface area contributed by atoms with Gasteiger partial charge in [-0.1, -0.05) is 0 Å². The summed E-state index contributed by atoms with van der Waals surface area (Å²) in [6.07, 6.45) is 3.45. The van der Waals surface area contributed by atoms with Gasteiger partial charge < -0.3 is 19.7 Å². The zero-order chi connectivity index (χ0) is 20.5. The highest BCUT2D eigenvalue weighted by atomic mass is 127. The van der Waals surface area contributed by atoms with Crippen LogP contribution in [-0.2, 0) is 14.4 Å². The predicted molar refractivity (Wildman–Crippen MR) is 111 cm³/mol. The summed E-state index contributed by atoms with van der Waals surface area (Å²) in [4.78, 5) is 36.6. The number of benzene rings is 1. The van der Waals surface area contributed by atoms with Crippen molar-refractivity contribution in [1.82, 2.24) is 15.6 Å². The lowest BCUT2D eigenvalue weighted by atomic mass is 10.2. The average Bonchev–Trinajstić information content (AvgIpc) is 3.21. The second kappa shape index (κ2) is 10.8. The van der Waals surface area contributed by atoms with Gasteiger partial charge >= 0.3 is 11.8 Å². The first-order valence-electron chi connectivity index (χ1n) is 8.88. The Morgan fingerprint density at radius 3 is 2.57 bits per heavy atom. The summed E-state index contributed by atoms with van der Waals surface area (Å²) in [7, 11) is 1.36. The van der Waals surface area contributed by atoms with E-state index in [1.807, 2.05) is 6.92 Å². The van der Waals surface area contributed by atoms with E-state index in [2.05, 4.69) is 38.4 Å². The fourth-order valence-electron chi connectivity index (χ4n) is 2.59. The number of hydrogen-bond donors (Lipinski definition) is 2. The van der Waals surface area contributed by atoms with Crippen LogP contribution < -0.4 is 20.2 Å². The number of nitrogens with one attached hydrogen (secondary N) is 2. The molecule has 0 aliphatic carbocycles. The van der Waals surface area contributed by atoms with Crippen molar-refractivity contribution >= 4 is 46.5 Å². The average molecular weight is 502 g/mol. The summed E-state index contributed by atoms with van der Waals surface area (Å²) in [6.45, 7) is 3.76. The molecule has 2 rings (SSSR count). The largest absolute Gasteiger partial charge is 0.490 e. The normalized spacial score (nSPS) is 13.5. The molecule has 1 saturated heterocycles. The van der Waals surface area contributed by atoms with Crippen LogP contribution in [0, 0.1) is 3.57 Å². The highest BCUT2D eigenvalue weighted by Crippen LogP contribution is 2.34. The van der Waals surface area contributed by atoms with E-state index >= 15 is 0 Å². The Bertz CT molecular complexity index is 763. The first kappa shape index (κ1) is 21.9. The zero-order valence-electron chi connectivity index (χ0n) is 15.8. The number of hydrazone groups is 1. The van der Waals surface area contributed by atoms with Crippen molar-refractivity contribution in [3.63, 3.8) is 0 Å². The third-order valence-corrected chi connectivity index (χ3v) is 4.74. The predicted octanol–water partition coefficient (Wildman–Crippen LogP) is 0.887. The molecular weight excluding hydrogens is 479 g/mol. The molecule has 3 amide bonds. The molecule has 0 saturated carbocycles. The Balaban J connectivity index is 2.08. The Hall–Kier alpha value is -2.37. The maximum absolute atomic E-state index is 12.2. The zero-order valence-corrected chi connectivity index (χ0v) is 17.9. The molecule has 1 aromatic rings. The van der Waals surface area contributed by atoms with Gasteiger partial charge in [-0.25, -0.2) is 5.43 Å². The van der Waals surface area contributed by atoms with E-state index in [1.165, 1.54) is 13.3 Å². The van der Waals surface area contributed by atoms with Gasteiger partial charge in [0.05, 0.1) is 16.4 Å². The number of hydrogen-bond acceptors (Lipinski definition) is 6. The van der Waals surface area contributed by atoms with Gasteiger partial charge in [-0.05, 0) is 60.1 Å². The standard InChI is InChI=1S/C18H23IN4O5/c1-3-27-14-9-12(10-21-22-18(26)17(25)20-2)8-13(19)16(14)28-11-15(24)23-6-4-5-7-23/h8-10H,3-7,11H2,1-2H3,(H,20,25)(H,22,26)/b21-10-. The van der Waals surface area contributed by atoms with E-state index in [-0.39, 0.29) is 12.5 Å². The Kier molecular flexibility index (Phi) is 8.48. The van der Waals surface area contributed by atoms with E-state index < -0.39 is 11.8 Å². The number of rotatable bonds is 7. The van der Waals surface area contributed by atoms with E-state index in [1.54, 1.807) is 17.0 Å². The number of likely N-dealkylation sites (tertiary alicyclic amines) is 1. The number of nitrogens with zero attached hydrogens (tertiary/aromatic N) is 2. The Labute approximate surface area is 177 Å². The molecule has 0 radical (unpaired) electrons. The van der Waals surface area contributed by atoms with E-state index in [9.17, 15) is 14.4 Å². The molecule has 0 spiro atoms. The molecule has 1 fully saturated rings. The molecule has 1 aliphatic rings. The summed E-state index contributed by atoms with van der Waals surface area (Å²) in [5.41, 5.74) is 2.77. The topological polar surface area (TPSA) is 109 Å². The molecule has 0 unspecified atom stereocenters. The Morgan fingerprint density at radius 1 is 1.21 bits per heavy atom. The highest BCUT2D eigenvalue weighted by Gasteiger charge is 2.20. The molecule has 0 aromatic heterocycles. The molecule has 2 N–H and O–H groups in total. The number of carbonyl (C=O) groups excluding carboxylic acids is 3. The number of likely N-dealkylation sites (N-methyl/N-ethyl adjacent to an activating group) is 1. The minimum atomic E-state index is -0.862. The minimum absolute atomic E-state index is 0.0432. The second-order valence-corrected chi connectivity index (χ2v) is 7.08. The lowest BCUT2D eigenvalue weighted by Crippen LogP contribution is -2.35. The van der Waals surface area contributed by atoms with E-state index in [0.29, 0.717) is 23.7 Å². The lowest BCUT2D eigenvalue weighted by Gasteiger charge is -2.18. The van der Waals surface area contributed by atoms with Gasteiger partial charge in [0.1, 0.15) is 0 Å². The molecule has 0 atom stereocenters. The third-order valence-electron chi connectivity index (χ3n) is 3.94. The lowest BCUT2D eigenvalue weighted by molar-refractivity contribution is -0.138. The van der Waals surface area contributed by atoms with Crippen LogP contribution in [0.5, 0.6) is 11.5 Å². The molecule has 1 heterocycles. The van der Waals surface area contributed by atoms with Crippen molar-refractivity contribution < 1.29 is 23.9 Å². The fourth-order valence-corrected chi connectivity index (χ4v) is 3.37. The summed E-state index contributed by atoms with van der Waals surface area (Å²) in [5.74, 6) is -0.727. The van der Waals surface area contributed by atoms with Crippen LogP contribution in [0.1, 0.15) is 25.3 Å². The smallest absolute Gasteiger partial charge is 0.329 e. The molecule has 0 bridgehead atoms. The first-order chi connectivity index (χ1) is 13.5. The van der Waals surface area contributed by atoms with Crippen LogP contribution in [0.3, 0.4) is 0 Å². The number of halogens is 1. The van der Waals surface area contributed by atoms with Gasteiger partial charge in [-0.3, -0.25) is 14.4 Å². The molecule has 10 heteroatoms. The summed E-state index contributed by atoms with van der Waals surface area (Å²) < 4.78 is 12.1. The number of amides is 3. The van der Waals surface area contributed by atoms with Crippen molar-refractivity contribution in [2.45, 2.75) is 19.8 Å². The van der Waals surface area contributed by atoms with Gasteiger partial charge in [0.25, 0.3) is 5.91 Å². The first-order valence-corrected chi connectivity index (χ1v) is 9.96. The quantitative estimate of drug-likeness (QED) is 0.249. The van der Waals surface area contributed by atoms with Crippen molar-refractivity contribution in [2.24, 2.45) is 5.10 Å². The molecule has 1 aromatic carbocycles. The molecular formula is C18H23IN4O5. The van der Waals surface area contributed by atoms with Gasteiger partial charge in [-0.2, -0.15) is 5.10 Å². The van der Waals surface area contributed by atoms with Crippen molar-refractivity contribution in [2.75, 3.05) is 33.4 Å². The monoisotopic (exact) mass is 502 g/mol. The van der Waals surface area contributed by atoms with E-state index in [0.717, 1.165) is 29.5 Å². The summed E-state index contributed by atoms with van der Waals surface area (Å²) in [5, 5.41) is 5.97. The maximum Gasteiger partial charge on any atom is 0.329 e. The summed E-state index contributed by atoms with van der Waals surface area (Å²) in [6, 6.07) is 3.46. The fraction of sp³-hybridized carbons (Fsp3) is 0.444. The SMILES string of the molecule is CCOc1cc(/C=N\NC(=O)C(=O)NC)cc(I)c1OCC(=O)N1CCCC1. The van der Waals surface area contributed by atoms with Crippen LogP contribution in [-0.4, -0.2) is 62.2 Å². The molecule has 28 heavy (non-hydrogen) atoms. The third kappa shape index (κ3) is 6.08. The van der Waals surface area contributed by atoms with Crippen LogP contribution in [0.4, 0.5) is 0 Å². The van der Waals surface area contributed by atoms with E-state index in [4.69, 9.17) is 9.47 Å². The number of carbonyl (C=O) groups is 3. The van der Waals surface area contributed by atoms with Gasteiger partial charge in [0.15, 0.2) is 18.1 Å². The number of ether oxygens (including phenoxy) is 2. The van der Waals surface area contributed by atoms with Crippen molar-refractivity contribution in [3.05, 3.63) is 21.3 Å². The van der Waals surface area contributed by atoms with Crippen molar-refractivity contribution in [1.29, 1.82) is 0 Å². The highest BCUT2D eigenvalue weighted by molar-refractivity contribution is 14.1. The molecule has 1 aliphatic heterocycles. The van der Waals surface area contributed by atoms with Crippen LogP contribution in [0.2, 0.25) is 0 Å². The second-order valence-electron chi connectivity index (χ2n) is 5.92. The molecule has 9 nitrogen and oxygen atoms in total. The van der Waals surface area contributed by atoms with Crippen LogP contribution in [0.15, 0.2) is 17.2 Å². The van der Waals surface area contributed by atoms with Gasteiger partial charge in [0, 0.05) is 20.1 Å². The maximum atomic E-state index is 12.2. The van der Waals surface area contributed by atoms with Gasteiger partial charge in [-0.15, -0.1) is 0 Å². The Morgan fingerprint density at radius 2 is 1.93 bits per heavy atom.